The average Bonchev–Trinajstić information content (AvgIpc) is 2.52. The Morgan fingerprint density at radius 2 is 1.80 bits per heavy atom. The van der Waals surface area contributed by atoms with Gasteiger partial charge in [-0.25, -0.2) is 0 Å². The molecule has 4 heteroatoms. The Morgan fingerprint density at radius 1 is 1.33 bits per heavy atom. The van der Waals surface area contributed by atoms with Gasteiger partial charge in [0.1, 0.15) is 0 Å². The predicted octanol–water partition coefficient (Wildman–Crippen LogP) is 0.285. The first kappa shape index (κ1) is 10.4. The zero-order chi connectivity index (χ0) is 11.0. The summed E-state index contributed by atoms with van der Waals surface area (Å²) < 4.78 is 0. The van der Waals surface area contributed by atoms with Gasteiger partial charge in [-0.2, -0.15) is 0 Å². The van der Waals surface area contributed by atoms with E-state index in [1.54, 1.807) is 0 Å². The van der Waals surface area contributed by atoms with Crippen LogP contribution in [0.2, 0.25) is 0 Å². The zero-order valence-electron chi connectivity index (χ0n) is 8.85. The molecule has 0 unspecified atom stereocenters. The molecular weight excluding hydrogens is 192 g/mol. The van der Waals surface area contributed by atoms with Crippen LogP contribution in [0.5, 0.6) is 0 Å². The number of hydrogen-bond acceptors (Lipinski definition) is 3. The van der Waals surface area contributed by atoms with Gasteiger partial charge in [0, 0.05) is 12.6 Å². The SMILES string of the molecule is C[C@@H](CN)N1C(=O)[C@H]2CC=CC[C@H]2C1=O. The highest BCUT2D eigenvalue weighted by Gasteiger charge is 2.48. The first-order valence-corrected chi connectivity index (χ1v) is 5.38. The van der Waals surface area contributed by atoms with E-state index in [0.717, 1.165) is 0 Å². The smallest absolute Gasteiger partial charge is 0.233 e. The number of allylic oxidation sites excluding steroid dienone is 2. The Labute approximate surface area is 89.1 Å². The van der Waals surface area contributed by atoms with E-state index in [1.165, 1.54) is 4.90 Å². The van der Waals surface area contributed by atoms with Crippen LogP contribution in [-0.4, -0.2) is 29.3 Å². The molecule has 15 heavy (non-hydrogen) atoms. The van der Waals surface area contributed by atoms with Gasteiger partial charge < -0.3 is 5.73 Å². The third kappa shape index (κ3) is 1.49. The summed E-state index contributed by atoms with van der Waals surface area (Å²) in [5.74, 6) is -0.326. The molecule has 3 atom stereocenters. The Hall–Kier alpha value is -1.16. The normalized spacial score (nSPS) is 32.0. The molecular formula is C11H16N2O2. The Balaban J connectivity index is 2.24. The molecule has 1 saturated heterocycles. The van der Waals surface area contributed by atoms with Crippen LogP contribution in [0.3, 0.4) is 0 Å². The number of amides is 2. The van der Waals surface area contributed by atoms with Crippen LogP contribution in [0.15, 0.2) is 12.2 Å². The number of imide groups is 1. The number of nitrogens with two attached hydrogens (primary N) is 1. The van der Waals surface area contributed by atoms with E-state index in [4.69, 9.17) is 5.73 Å². The molecule has 2 amide bonds. The zero-order valence-corrected chi connectivity index (χ0v) is 8.85. The summed E-state index contributed by atoms with van der Waals surface area (Å²) in [6.45, 7) is 2.16. The summed E-state index contributed by atoms with van der Waals surface area (Å²) in [4.78, 5) is 25.3. The number of nitrogens with zero attached hydrogens (tertiary/aromatic N) is 1. The van der Waals surface area contributed by atoms with Gasteiger partial charge in [0.15, 0.2) is 0 Å². The van der Waals surface area contributed by atoms with Gasteiger partial charge in [-0.3, -0.25) is 14.5 Å². The quantitative estimate of drug-likeness (QED) is 0.524. The Kier molecular flexibility index (Phi) is 2.61. The molecule has 1 aliphatic carbocycles. The maximum atomic E-state index is 12.0. The van der Waals surface area contributed by atoms with Crippen molar-refractivity contribution in [3.05, 3.63) is 12.2 Å². The summed E-state index contributed by atoms with van der Waals surface area (Å²) in [5, 5.41) is 0. The minimum Gasteiger partial charge on any atom is -0.328 e. The molecule has 1 aliphatic heterocycles. The van der Waals surface area contributed by atoms with Gasteiger partial charge in [-0.15, -0.1) is 0 Å². The minimum absolute atomic E-state index is 0.0349. The second-order valence-corrected chi connectivity index (χ2v) is 4.29. The highest BCUT2D eigenvalue weighted by molar-refractivity contribution is 6.05. The molecule has 82 valence electrons. The van der Waals surface area contributed by atoms with Crippen molar-refractivity contribution >= 4 is 11.8 Å². The van der Waals surface area contributed by atoms with Crippen molar-refractivity contribution in [1.29, 1.82) is 0 Å². The highest BCUT2D eigenvalue weighted by Crippen LogP contribution is 2.35. The predicted molar refractivity (Wildman–Crippen MR) is 55.7 cm³/mol. The summed E-state index contributed by atoms with van der Waals surface area (Å²) >= 11 is 0. The molecule has 2 N–H and O–H groups in total. The third-order valence-corrected chi connectivity index (χ3v) is 3.32. The Bertz CT molecular complexity index is 299. The van der Waals surface area contributed by atoms with E-state index in [1.807, 2.05) is 19.1 Å². The maximum absolute atomic E-state index is 12.0. The lowest BCUT2D eigenvalue weighted by atomic mass is 9.85. The van der Waals surface area contributed by atoms with E-state index < -0.39 is 0 Å². The fourth-order valence-electron chi connectivity index (χ4n) is 2.37. The van der Waals surface area contributed by atoms with Gasteiger partial charge >= 0.3 is 0 Å². The first-order valence-electron chi connectivity index (χ1n) is 5.38. The summed E-state index contributed by atoms with van der Waals surface area (Å²) in [7, 11) is 0. The topological polar surface area (TPSA) is 63.4 Å². The molecule has 0 aromatic carbocycles. The van der Waals surface area contributed by atoms with Gasteiger partial charge in [0.05, 0.1) is 11.8 Å². The van der Waals surface area contributed by atoms with Crippen LogP contribution in [-0.2, 0) is 9.59 Å². The molecule has 0 radical (unpaired) electrons. The standard InChI is InChI=1S/C11H16N2O2/c1-7(6-12)13-10(14)8-4-2-3-5-9(8)11(13)15/h2-3,7-9H,4-6,12H2,1H3/t7-,8-,9+/m0/s1. The monoisotopic (exact) mass is 208 g/mol. The lowest BCUT2D eigenvalue weighted by molar-refractivity contribution is -0.142. The molecule has 0 saturated carbocycles. The van der Waals surface area contributed by atoms with Crippen molar-refractivity contribution in [3.8, 4) is 0 Å². The molecule has 0 bridgehead atoms. The van der Waals surface area contributed by atoms with E-state index in [0.29, 0.717) is 19.4 Å². The summed E-state index contributed by atoms with van der Waals surface area (Å²) in [6, 6.07) is -0.171. The summed E-state index contributed by atoms with van der Waals surface area (Å²) in [5.41, 5.74) is 5.50. The van der Waals surface area contributed by atoms with Crippen molar-refractivity contribution < 1.29 is 9.59 Å². The third-order valence-electron chi connectivity index (χ3n) is 3.32. The lowest BCUT2D eigenvalue weighted by Gasteiger charge is -2.21. The van der Waals surface area contributed by atoms with E-state index >= 15 is 0 Å². The molecule has 0 aromatic rings. The van der Waals surface area contributed by atoms with Crippen molar-refractivity contribution in [3.63, 3.8) is 0 Å². The molecule has 0 aromatic heterocycles. The molecule has 0 spiro atoms. The first-order chi connectivity index (χ1) is 7.16. The number of carbonyl (C=O) groups is 2. The van der Waals surface area contributed by atoms with E-state index in [2.05, 4.69) is 0 Å². The lowest BCUT2D eigenvalue weighted by Crippen LogP contribution is -2.43. The van der Waals surface area contributed by atoms with E-state index in [-0.39, 0.29) is 29.7 Å². The van der Waals surface area contributed by atoms with Gasteiger partial charge in [-0.05, 0) is 19.8 Å². The number of hydrogen-bond donors (Lipinski definition) is 1. The second-order valence-electron chi connectivity index (χ2n) is 4.29. The van der Waals surface area contributed by atoms with Crippen LogP contribution < -0.4 is 5.73 Å². The van der Waals surface area contributed by atoms with Gasteiger partial charge in [-0.1, -0.05) is 12.2 Å². The second kappa shape index (κ2) is 3.77. The van der Waals surface area contributed by atoms with E-state index in [9.17, 15) is 9.59 Å². The average molecular weight is 208 g/mol. The molecule has 4 nitrogen and oxygen atoms in total. The molecule has 2 aliphatic rings. The minimum atomic E-state index is -0.171. The van der Waals surface area contributed by atoms with Crippen molar-refractivity contribution in [1.82, 2.24) is 4.90 Å². The summed E-state index contributed by atoms with van der Waals surface area (Å²) in [6.07, 6.45) is 5.37. The van der Waals surface area contributed by atoms with Crippen LogP contribution in [0, 0.1) is 11.8 Å². The molecule has 2 rings (SSSR count). The fraction of sp³-hybridized carbons (Fsp3) is 0.636. The van der Waals surface area contributed by atoms with Crippen molar-refractivity contribution in [2.75, 3.05) is 6.54 Å². The number of carbonyl (C=O) groups excluding carboxylic acids is 2. The van der Waals surface area contributed by atoms with Crippen LogP contribution in [0.4, 0.5) is 0 Å². The fourth-order valence-corrected chi connectivity index (χ4v) is 2.37. The highest BCUT2D eigenvalue weighted by atomic mass is 16.2. The van der Waals surface area contributed by atoms with Crippen LogP contribution in [0.25, 0.3) is 0 Å². The van der Waals surface area contributed by atoms with Crippen LogP contribution >= 0.6 is 0 Å². The Morgan fingerprint density at radius 3 is 2.20 bits per heavy atom. The van der Waals surface area contributed by atoms with Gasteiger partial charge in [0.2, 0.25) is 11.8 Å². The number of rotatable bonds is 2. The molecule has 1 heterocycles. The van der Waals surface area contributed by atoms with Crippen molar-refractivity contribution in [2.24, 2.45) is 17.6 Å². The van der Waals surface area contributed by atoms with Gasteiger partial charge in [0.25, 0.3) is 0 Å². The molecule has 1 fully saturated rings. The van der Waals surface area contributed by atoms with Crippen LogP contribution in [0.1, 0.15) is 19.8 Å². The van der Waals surface area contributed by atoms with Crippen molar-refractivity contribution in [2.45, 2.75) is 25.8 Å². The largest absolute Gasteiger partial charge is 0.328 e. The number of fused-ring (bicyclic) bond motifs is 1. The maximum Gasteiger partial charge on any atom is 0.233 e. The number of likely N-dealkylation sites (tertiary alicyclic amines) is 1.